The zero-order valence-corrected chi connectivity index (χ0v) is 18.5. The van der Waals surface area contributed by atoms with E-state index in [1.54, 1.807) is 48.2 Å². The molecule has 1 saturated heterocycles. The third-order valence-electron chi connectivity index (χ3n) is 5.91. The fraction of sp³-hybridized carbons (Fsp3) is 0.348. The van der Waals surface area contributed by atoms with Crippen LogP contribution in [0.25, 0.3) is 10.9 Å². The molecule has 1 amide bonds. The quantitative estimate of drug-likeness (QED) is 0.588. The van der Waals surface area contributed by atoms with Gasteiger partial charge in [0, 0.05) is 49.9 Å². The molecule has 7 nitrogen and oxygen atoms in total. The van der Waals surface area contributed by atoms with Gasteiger partial charge in [-0.05, 0) is 31.2 Å². The maximum Gasteiger partial charge on any atom is 0.331 e. The van der Waals surface area contributed by atoms with Crippen molar-refractivity contribution in [3.63, 3.8) is 0 Å². The van der Waals surface area contributed by atoms with E-state index in [0.29, 0.717) is 54.2 Å². The molecule has 0 N–H and O–H groups in total. The summed E-state index contributed by atoms with van der Waals surface area (Å²) >= 11 is 6.13. The molecule has 0 aliphatic carbocycles. The van der Waals surface area contributed by atoms with E-state index in [9.17, 15) is 18.8 Å². The molecule has 0 bridgehead atoms. The van der Waals surface area contributed by atoms with Gasteiger partial charge in [0.15, 0.2) is 0 Å². The number of amides is 1. The fourth-order valence-electron chi connectivity index (χ4n) is 4.10. The molecule has 4 rings (SSSR count). The molecule has 1 fully saturated rings. The lowest BCUT2D eigenvalue weighted by Crippen LogP contribution is -2.50. The molecule has 0 unspecified atom stereocenters. The summed E-state index contributed by atoms with van der Waals surface area (Å²) in [5.41, 5.74) is 0.0665. The highest BCUT2D eigenvalue weighted by molar-refractivity contribution is 6.31. The van der Waals surface area contributed by atoms with Crippen molar-refractivity contribution >= 4 is 28.4 Å². The van der Waals surface area contributed by atoms with Gasteiger partial charge in [-0.1, -0.05) is 29.8 Å². The molecule has 168 valence electrons. The maximum atomic E-state index is 14.1. The van der Waals surface area contributed by atoms with Crippen LogP contribution in [-0.4, -0.2) is 51.0 Å². The molecule has 32 heavy (non-hydrogen) atoms. The van der Waals surface area contributed by atoms with E-state index in [1.807, 2.05) is 4.90 Å². The average molecular weight is 459 g/mol. The number of piperazine rings is 1. The number of rotatable bonds is 5. The Labute approximate surface area is 189 Å². The monoisotopic (exact) mass is 458 g/mol. The van der Waals surface area contributed by atoms with Crippen LogP contribution in [0.3, 0.4) is 0 Å². The first-order valence-corrected chi connectivity index (χ1v) is 10.9. The highest BCUT2D eigenvalue weighted by atomic mass is 35.5. The van der Waals surface area contributed by atoms with Gasteiger partial charge in [0.2, 0.25) is 5.91 Å². The summed E-state index contributed by atoms with van der Waals surface area (Å²) in [5.74, 6) is -0.532. The third kappa shape index (κ3) is 4.20. The number of aromatic nitrogens is 2. The Bertz CT molecular complexity index is 1260. The fourth-order valence-corrected chi connectivity index (χ4v) is 4.32. The first-order chi connectivity index (χ1) is 15.4. The molecule has 9 heteroatoms. The van der Waals surface area contributed by atoms with E-state index in [-0.39, 0.29) is 30.4 Å². The highest BCUT2D eigenvalue weighted by Gasteiger charge is 2.24. The first-order valence-electron chi connectivity index (χ1n) is 10.6. The van der Waals surface area contributed by atoms with Crippen molar-refractivity contribution in [2.24, 2.45) is 0 Å². The van der Waals surface area contributed by atoms with E-state index in [1.165, 1.54) is 10.6 Å². The Kier molecular flexibility index (Phi) is 6.43. The van der Waals surface area contributed by atoms with Gasteiger partial charge in [-0.3, -0.25) is 23.6 Å². The molecule has 0 saturated carbocycles. The number of halogens is 2. The Hall–Kier alpha value is -2.97. The molecule has 1 aliphatic heterocycles. The second-order valence-electron chi connectivity index (χ2n) is 7.79. The molecule has 0 atom stereocenters. The minimum absolute atomic E-state index is 0.140. The van der Waals surface area contributed by atoms with E-state index in [4.69, 9.17) is 11.6 Å². The SMILES string of the molecule is CCn1c(=O)c2ccccc2n(CC(=O)N2CCN(Cc3c(F)cccc3Cl)CC2)c1=O. The van der Waals surface area contributed by atoms with Crippen LogP contribution in [0, 0.1) is 5.82 Å². The Morgan fingerprint density at radius 1 is 1.00 bits per heavy atom. The van der Waals surface area contributed by atoms with Crippen molar-refractivity contribution in [1.82, 2.24) is 18.9 Å². The van der Waals surface area contributed by atoms with E-state index in [0.717, 1.165) is 4.57 Å². The number of nitrogens with zero attached hydrogens (tertiary/aromatic N) is 4. The lowest BCUT2D eigenvalue weighted by Gasteiger charge is -2.35. The summed E-state index contributed by atoms with van der Waals surface area (Å²) in [7, 11) is 0. The van der Waals surface area contributed by atoms with E-state index < -0.39 is 5.69 Å². The van der Waals surface area contributed by atoms with Gasteiger partial charge in [-0.2, -0.15) is 0 Å². The van der Waals surface area contributed by atoms with Gasteiger partial charge in [-0.25, -0.2) is 9.18 Å². The minimum atomic E-state index is -0.489. The van der Waals surface area contributed by atoms with Crippen molar-refractivity contribution in [1.29, 1.82) is 0 Å². The van der Waals surface area contributed by atoms with Crippen LogP contribution in [-0.2, 0) is 24.4 Å². The zero-order valence-electron chi connectivity index (χ0n) is 17.8. The van der Waals surface area contributed by atoms with Gasteiger partial charge >= 0.3 is 5.69 Å². The van der Waals surface area contributed by atoms with Crippen molar-refractivity contribution in [3.8, 4) is 0 Å². The summed E-state index contributed by atoms with van der Waals surface area (Å²) in [6.07, 6.45) is 0. The second-order valence-corrected chi connectivity index (χ2v) is 8.20. The molecule has 3 aromatic rings. The molecule has 2 aromatic carbocycles. The van der Waals surface area contributed by atoms with Crippen molar-refractivity contribution in [3.05, 3.63) is 79.7 Å². The Morgan fingerprint density at radius 2 is 1.72 bits per heavy atom. The number of para-hydroxylation sites is 1. The van der Waals surface area contributed by atoms with Crippen LogP contribution < -0.4 is 11.2 Å². The summed E-state index contributed by atoms with van der Waals surface area (Å²) in [4.78, 5) is 42.2. The molecule has 0 spiro atoms. The predicted octanol–water partition coefficient (Wildman–Crippen LogP) is 2.32. The zero-order chi connectivity index (χ0) is 22.8. The smallest absolute Gasteiger partial charge is 0.331 e. The average Bonchev–Trinajstić information content (AvgIpc) is 2.80. The van der Waals surface area contributed by atoms with Crippen LogP contribution in [0.4, 0.5) is 4.39 Å². The molecule has 1 aromatic heterocycles. The minimum Gasteiger partial charge on any atom is -0.339 e. The van der Waals surface area contributed by atoms with Gasteiger partial charge in [0.1, 0.15) is 12.4 Å². The molecule has 0 radical (unpaired) electrons. The predicted molar refractivity (Wildman–Crippen MR) is 121 cm³/mol. The number of benzene rings is 2. The number of carbonyl (C=O) groups is 1. The van der Waals surface area contributed by atoms with Crippen LogP contribution in [0.1, 0.15) is 12.5 Å². The summed E-state index contributed by atoms with van der Waals surface area (Å²) in [5, 5.41) is 0.800. The largest absolute Gasteiger partial charge is 0.339 e. The molecule has 1 aliphatic rings. The van der Waals surface area contributed by atoms with E-state index >= 15 is 0 Å². The normalized spacial score (nSPS) is 14.8. The third-order valence-corrected chi connectivity index (χ3v) is 6.26. The van der Waals surface area contributed by atoms with Crippen LogP contribution in [0.5, 0.6) is 0 Å². The first kappa shape index (κ1) is 22.2. The highest BCUT2D eigenvalue weighted by Crippen LogP contribution is 2.21. The maximum absolute atomic E-state index is 14.1. The number of hydrogen-bond donors (Lipinski definition) is 0. The lowest BCUT2D eigenvalue weighted by atomic mass is 10.2. The summed E-state index contributed by atoms with van der Waals surface area (Å²) in [6, 6.07) is 11.5. The summed E-state index contributed by atoms with van der Waals surface area (Å²) in [6.45, 7) is 4.26. The number of carbonyl (C=O) groups excluding carboxylic acids is 1. The van der Waals surface area contributed by atoms with Gasteiger partial charge in [-0.15, -0.1) is 0 Å². The van der Waals surface area contributed by atoms with Gasteiger partial charge < -0.3 is 4.90 Å². The van der Waals surface area contributed by atoms with Crippen molar-refractivity contribution in [2.75, 3.05) is 26.2 Å². The standard InChI is InChI=1S/C23H24ClFN4O3/c1-2-28-22(31)16-6-3-4-9-20(16)29(23(28)32)15-21(30)27-12-10-26(11-13-27)14-17-18(24)7-5-8-19(17)25/h3-9H,2,10-15H2,1H3. The van der Waals surface area contributed by atoms with Crippen LogP contribution in [0.15, 0.2) is 52.1 Å². The van der Waals surface area contributed by atoms with Crippen molar-refractivity contribution < 1.29 is 9.18 Å². The summed E-state index contributed by atoms with van der Waals surface area (Å²) < 4.78 is 16.6. The van der Waals surface area contributed by atoms with Gasteiger partial charge in [0.05, 0.1) is 10.9 Å². The molecule has 2 heterocycles. The molecular weight excluding hydrogens is 435 g/mol. The molecular formula is C23H24ClFN4O3. The number of hydrogen-bond acceptors (Lipinski definition) is 4. The van der Waals surface area contributed by atoms with Crippen LogP contribution in [0.2, 0.25) is 5.02 Å². The second kappa shape index (κ2) is 9.26. The topological polar surface area (TPSA) is 67.6 Å². The Morgan fingerprint density at radius 3 is 2.41 bits per heavy atom. The Balaban J connectivity index is 1.49. The lowest BCUT2D eigenvalue weighted by molar-refractivity contribution is -0.133. The van der Waals surface area contributed by atoms with Gasteiger partial charge in [0.25, 0.3) is 5.56 Å². The number of fused-ring (bicyclic) bond motifs is 1. The van der Waals surface area contributed by atoms with E-state index in [2.05, 4.69) is 0 Å². The van der Waals surface area contributed by atoms with Crippen LogP contribution >= 0.6 is 11.6 Å². The van der Waals surface area contributed by atoms with Crippen molar-refractivity contribution in [2.45, 2.75) is 26.6 Å².